The standard InChI is InChI=1S/C10H10FNO/c11-7-3-6-9(4-8(7)12)13-5-10(6)1-2-10/h3-4H,1-2,5,12H2. The summed E-state index contributed by atoms with van der Waals surface area (Å²) >= 11 is 0. The Morgan fingerprint density at radius 3 is 2.85 bits per heavy atom. The van der Waals surface area contributed by atoms with Gasteiger partial charge in [-0.1, -0.05) is 0 Å². The van der Waals surface area contributed by atoms with Crippen LogP contribution in [-0.4, -0.2) is 6.61 Å². The minimum absolute atomic E-state index is 0.143. The normalized spacial score (nSPS) is 21.3. The second-order valence-corrected chi connectivity index (χ2v) is 3.94. The number of anilines is 1. The van der Waals surface area contributed by atoms with E-state index in [4.69, 9.17) is 10.5 Å². The van der Waals surface area contributed by atoms with Gasteiger partial charge in [-0.05, 0) is 18.9 Å². The molecule has 1 aromatic carbocycles. The summed E-state index contributed by atoms with van der Waals surface area (Å²) in [5.41, 5.74) is 6.78. The van der Waals surface area contributed by atoms with Crippen molar-refractivity contribution in [1.82, 2.24) is 0 Å². The van der Waals surface area contributed by atoms with Gasteiger partial charge in [0.25, 0.3) is 0 Å². The van der Waals surface area contributed by atoms with E-state index >= 15 is 0 Å². The van der Waals surface area contributed by atoms with Crippen molar-refractivity contribution in [3.05, 3.63) is 23.5 Å². The Morgan fingerprint density at radius 1 is 1.38 bits per heavy atom. The molecule has 2 aliphatic rings. The van der Waals surface area contributed by atoms with Crippen LogP contribution >= 0.6 is 0 Å². The van der Waals surface area contributed by atoms with Crippen molar-refractivity contribution in [3.63, 3.8) is 0 Å². The van der Waals surface area contributed by atoms with Gasteiger partial charge >= 0.3 is 0 Å². The predicted molar refractivity (Wildman–Crippen MR) is 47.2 cm³/mol. The van der Waals surface area contributed by atoms with Gasteiger partial charge in [0, 0.05) is 17.0 Å². The van der Waals surface area contributed by atoms with E-state index in [1.807, 2.05) is 0 Å². The highest BCUT2D eigenvalue weighted by atomic mass is 19.1. The summed E-state index contributed by atoms with van der Waals surface area (Å²) in [5.74, 6) is 0.451. The molecular formula is C10H10FNO. The largest absolute Gasteiger partial charge is 0.492 e. The molecule has 2 nitrogen and oxygen atoms in total. The minimum Gasteiger partial charge on any atom is -0.492 e. The van der Waals surface area contributed by atoms with Crippen LogP contribution in [0.3, 0.4) is 0 Å². The molecular weight excluding hydrogens is 169 g/mol. The number of nitrogens with two attached hydrogens (primary N) is 1. The highest BCUT2D eigenvalue weighted by Crippen LogP contribution is 2.55. The van der Waals surface area contributed by atoms with Gasteiger partial charge in [0.1, 0.15) is 11.6 Å². The lowest BCUT2D eigenvalue weighted by molar-refractivity contribution is 0.323. The number of nitrogen functional groups attached to an aromatic ring is 1. The van der Waals surface area contributed by atoms with Crippen molar-refractivity contribution in [2.24, 2.45) is 0 Å². The molecule has 3 rings (SSSR count). The van der Waals surface area contributed by atoms with Gasteiger partial charge in [0.15, 0.2) is 0 Å². The zero-order chi connectivity index (χ0) is 9.05. The number of rotatable bonds is 0. The molecule has 0 bridgehead atoms. The van der Waals surface area contributed by atoms with Crippen molar-refractivity contribution in [3.8, 4) is 5.75 Å². The van der Waals surface area contributed by atoms with Crippen molar-refractivity contribution in [2.45, 2.75) is 18.3 Å². The Balaban J connectivity index is 2.21. The van der Waals surface area contributed by atoms with Crippen LogP contribution in [0.1, 0.15) is 18.4 Å². The van der Waals surface area contributed by atoms with E-state index < -0.39 is 0 Å². The topological polar surface area (TPSA) is 35.2 Å². The van der Waals surface area contributed by atoms with E-state index in [0.717, 1.165) is 24.2 Å². The van der Waals surface area contributed by atoms with Crippen molar-refractivity contribution in [1.29, 1.82) is 0 Å². The summed E-state index contributed by atoms with van der Waals surface area (Å²) in [6, 6.07) is 3.13. The minimum atomic E-state index is -0.324. The maximum atomic E-state index is 13.2. The maximum absolute atomic E-state index is 13.2. The van der Waals surface area contributed by atoms with Crippen LogP contribution in [0, 0.1) is 5.82 Å². The van der Waals surface area contributed by atoms with Gasteiger partial charge in [0.05, 0.1) is 12.3 Å². The molecule has 1 spiro atoms. The van der Waals surface area contributed by atoms with Crippen LogP contribution in [-0.2, 0) is 5.41 Å². The molecule has 3 heteroatoms. The Morgan fingerprint density at radius 2 is 2.15 bits per heavy atom. The van der Waals surface area contributed by atoms with Gasteiger partial charge < -0.3 is 10.5 Å². The number of halogens is 1. The Kier molecular flexibility index (Phi) is 1.09. The smallest absolute Gasteiger partial charge is 0.146 e. The van der Waals surface area contributed by atoms with E-state index in [2.05, 4.69) is 0 Å². The SMILES string of the molecule is Nc1cc2c(cc1F)C1(CC1)CO2. The lowest BCUT2D eigenvalue weighted by Crippen LogP contribution is -2.07. The van der Waals surface area contributed by atoms with Gasteiger partial charge in [-0.15, -0.1) is 0 Å². The van der Waals surface area contributed by atoms with Gasteiger partial charge in [0.2, 0.25) is 0 Å². The van der Waals surface area contributed by atoms with Gasteiger partial charge in [-0.2, -0.15) is 0 Å². The van der Waals surface area contributed by atoms with Crippen LogP contribution < -0.4 is 10.5 Å². The quantitative estimate of drug-likeness (QED) is 0.616. The first-order valence-corrected chi connectivity index (χ1v) is 4.44. The van der Waals surface area contributed by atoms with Crippen molar-refractivity contribution >= 4 is 5.69 Å². The molecule has 0 aromatic heterocycles. The number of hydrogen-bond acceptors (Lipinski definition) is 2. The Labute approximate surface area is 75.5 Å². The lowest BCUT2D eigenvalue weighted by Gasteiger charge is -2.04. The highest BCUT2D eigenvalue weighted by Gasteiger charge is 2.50. The predicted octanol–water partition coefficient (Wildman–Crippen LogP) is 1.83. The summed E-state index contributed by atoms with van der Waals surface area (Å²) in [5, 5.41) is 0. The van der Waals surface area contributed by atoms with Crippen LogP contribution in [0.15, 0.2) is 12.1 Å². The summed E-state index contributed by atoms with van der Waals surface area (Å²) < 4.78 is 18.6. The number of fused-ring (bicyclic) bond motifs is 2. The second kappa shape index (κ2) is 1.97. The number of ether oxygens (including phenoxy) is 1. The summed E-state index contributed by atoms with van der Waals surface area (Å²) in [6.45, 7) is 0.700. The lowest BCUT2D eigenvalue weighted by atomic mass is 9.98. The molecule has 0 atom stereocenters. The first-order chi connectivity index (χ1) is 6.21. The molecule has 1 aliphatic carbocycles. The fourth-order valence-electron chi connectivity index (χ4n) is 1.96. The maximum Gasteiger partial charge on any atom is 0.146 e. The van der Waals surface area contributed by atoms with Crippen molar-refractivity contribution in [2.75, 3.05) is 12.3 Å². The Bertz CT molecular complexity index is 385. The number of benzene rings is 1. The third kappa shape index (κ3) is 0.816. The zero-order valence-electron chi connectivity index (χ0n) is 7.14. The molecule has 0 unspecified atom stereocenters. The first kappa shape index (κ1) is 7.18. The monoisotopic (exact) mass is 179 g/mol. The molecule has 1 saturated carbocycles. The zero-order valence-corrected chi connectivity index (χ0v) is 7.14. The molecule has 13 heavy (non-hydrogen) atoms. The molecule has 0 radical (unpaired) electrons. The molecule has 68 valence electrons. The van der Waals surface area contributed by atoms with E-state index in [1.54, 1.807) is 6.07 Å². The van der Waals surface area contributed by atoms with E-state index in [9.17, 15) is 4.39 Å². The van der Waals surface area contributed by atoms with Gasteiger partial charge in [-0.3, -0.25) is 0 Å². The Hall–Kier alpha value is -1.25. The van der Waals surface area contributed by atoms with E-state index in [0.29, 0.717) is 6.61 Å². The molecule has 1 aromatic rings. The summed E-state index contributed by atoms with van der Waals surface area (Å²) in [4.78, 5) is 0. The average Bonchev–Trinajstić information content (AvgIpc) is 2.80. The van der Waals surface area contributed by atoms with Crippen LogP contribution in [0.4, 0.5) is 10.1 Å². The molecule has 0 amide bonds. The third-order valence-corrected chi connectivity index (χ3v) is 3.03. The molecule has 1 fully saturated rings. The molecule has 1 aliphatic heterocycles. The summed E-state index contributed by atoms with van der Waals surface area (Å²) in [7, 11) is 0. The highest BCUT2D eigenvalue weighted by molar-refractivity contribution is 5.56. The first-order valence-electron chi connectivity index (χ1n) is 4.44. The second-order valence-electron chi connectivity index (χ2n) is 3.94. The molecule has 0 saturated heterocycles. The van der Waals surface area contributed by atoms with Gasteiger partial charge in [-0.25, -0.2) is 4.39 Å². The number of hydrogen-bond donors (Lipinski definition) is 1. The van der Waals surface area contributed by atoms with Crippen LogP contribution in [0.25, 0.3) is 0 Å². The average molecular weight is 179 g/mol. The molecule has 2 N–H and O–H groups in total. The fourth-order valence-corrected chi connectivity index (χ4v) is 1.96. The van der Waals surface area contributed by atoms with E-state index in [-0.39, 0.29) is 16.9 Å². The fraction of sp³-hybridized carbons (Fsp3) is 0.400. The van der Waals surface area contributed by atoms with Crippen molar-refractivity contribution < 1.29 is 9.13 Å². The van der Waals surface area contributed by atoms with Crippen LogP contribution in [0.2, 0.25) is 0 Å². The molecule has 1 heterocycles. The third-order valence-electron chi connectivity index (χ3n) is 3.03. The van der Waals surface area contributed by atoms with E-state index in [1.165, 1.54) is 6.07 Å². The van der Waals surface area contributed by atoms with Crippen LogP contribution in [0.5, 0.6) is 5.75 Å². The summed E-state index contributed by atoms with van der Waals surface area (Å²) in [6.07, 6.45) is 2.23.